The molecule has 8 nitrogen and oxygen atoms in total. The SMILES string of the molecule is CC1c2c(ccc(-c3cc(CN4CCC(C(C)(C)O)C4)ccn3)c2F)C(=O)N1C1CCC(=O)NC1=O. The van der Waals surface area contributed by atoms with Crippen molar-refractivity contribution < 1.29 is 23.9 Å². The number of hydrogen-bond acceptors (Lipinski definition) is 6. The summed E-state index contributed by atoms with van der Waals surface area (Å²) in [5, 5.41) is 12.6. The lowest BCUT2D eigenvalue weighted by Crippen LogP contribution is -2.53. The summed E-state index contributed by atoms with van der Waals surface area (Å²) >= 11 is 0. The number of halogens is 1. The number of nitrogens with one attached hydrogen (secondary N) is 1. The Kier molecular flexibility index (Phi) is 6.16. The zero-order valence-corrected chi connectivity index (χ0v) is 20.8. The lowest BCUT2D eigenvalue weighted by Gasteiger charge is -2.32. The molecule has 3 amide bonds. The summed E-state index contributed by atoms with van der Waals surface area (Å²) in [5.74, 6) is -1.61. The normalized spacial score (nSPS) is 24.9. The highest BCUT2D eigenvalue weighted by Crippen LogP contribution is 2.41. The summed E-state index contributed by atoms with van der Waals surface area (Å²) in [7, 11) is 0. The Morgan fingerprint density at radius 3 is 2.61 bits per heavy atom. The van der Waals surface area contributed by atoms with E-state index in [4.69, 9.17) is 0 Å². The summed E-state index contributed by atoms with van der Waals surface area (Å²) in [4.78, 5) is 45.2. The molecule has 2 saturated heterocycles. The van der Waals surface area contributed by atoms with Crippen LogP contribution in [0.15, 0.2) is 30.5 Å². The van der Waals surface area contributed by atoms with Crippen molar-refractivity contribution in [1.29, 1.82) is 0 Å². The molecule has 36 heavy (non-hydrogen) atoms. The second kappa shape index (κ2) is 9.05. The van der Waals surface area contributed by atoms with Gasteiger partial charge in [-0.25, -0.2) is 4.39 Å². The fourth-order valence-electron chi connectivity index (χ4n) is 5.73. The third-order valence-electron chi connectivity index (χ3n) is 7.80. The van der Waals surface area contributed by atoms with Gasteiger partial charge in [-0.15, -0.1) is 0 Å². The van der Waals surface area contributed by atoms with E-state index in [1.165, 1.54) is 4.90 Å². The minimum absolute atomic E-state index is 0.140. The number of benzene rings is 1. The number of rotatable bonds is 5. The molecule has 1 aromatic heterocycles. The van der Waals surface area contributed by atoms with Crippen molar-refractivity contribution in [1.82, 2.24) is 20.1 Å². The molecular formula is C27H31FN4O4. The first-order chi connectivity index (χ1) is 17.0. The maximum atomic E-state index is 15.9. The van der Waals surface area contributed by atoms with Crippen LogP contribution in [0.25, 0.3) is 11.3 Å². The van der Waals surface area contributed by atoms with E-state index in [2.05, 4.69) is 15.2 Å². The molecule has 1 aromatic carbocycles. The van der Waals surface area contributed by atoms with Crippen LogP contribution in [0.4, 0.5) is 4.39 Å². The number of carbonyl (C=O) groups is 3. The predicted molar refractivity (Wildman–Crippen MR) is 130 cm³/mol. The first kappa shape index (κ1) is 24.5. The minimum Gasteiger partial charge on any atom is -0.390 e. The first-order valence-corrected chi connectivity index (χ1v) is 12.4. The average Bonchev–Trinajstić information content (AvgIpc) is 3.38. The zero-order chi connectivity index (χ0) is 25.8. The van der Waals surface area contributed by atoms with E-state index < -0.39 is 35.3 Å². The molecule has 3 atom stereocenters. The number of imide groups is 1. The number of likely N-dealkylation sites (tertiary alicyclic amines) is 1. The van der Waals surface area contributed by atoms with Crippen molar-refractivity contribution >= 4 is 17.7 Å². The second-order valence-corrected chi connectivity index (χ2v) is 10.7. The molecule has 0 spiro atoms. The largest absolute Gasteiger partial charge is 0.390 e. The summed E-state index contributed by atoms with van der Waals surface area (Å²) in [5.41, 5.74) is 1.54. The van der Waals surface area contributed by atoms with Crippen LogP contribution in [0.5, 0.6) is 0 Å². The van der Waals surface area contributed by atoms with Gasteiger partial charge in [-0.3, -0.25) is 29.6 Å². The Hall–Kier alpha value is -3.17. The standard InChI is InChI=1S/C27H31FN4O4/c1-15-23-19(26(35)32(15)21-6-7-22(33)30-25(21)34)5-4-18(24(23)28)20-12-16(8-10-29-20)13-31-11-9-17(14-31)27(2,3)36/h4-5,8,10,12,15,17,21,36H,6-7,9,11,13-14H2,1-3H3,(H,30,33,34). The van der Waals surface area contributed by atoms with E-state index in [9.17, 15) is 19.5 Å². The van der Waals surface area contributed by atoms with Gasteiger partial charge < -0.3 is 10.0 Å². The third-order valence-corrected chi connectivity index (χ3v) is 7.80. The number of aliphatic hydroxyl groups is 1. The topological polar surface area (TPSA) is 103 Å². The molecule has 9 heteroatoms. The molecule has 0 bridgehead atoms. The smallest absolute Gasteiger partial charge is 0.255 e. The molecule has 5 rings (SSSR count). The van der Waals surface area contributed by atoms with Crippen LogP contribution in [0.3, 0.4) is 0 Å². The highest BCUT2D eigenvalue weighted by Gasteiger charge is 2.45. The van der Waals surface area contributed by atoms with Gasteiger partial charge in [-0.1, -0.05) is 0 Å². The van der Waals surface area contributed by atoms with Crippen LogP contribution >= 0.6 is 0 Å². The molecule has 0 radical (unpaired) electrons. The minimum atomic E-state index is -0.810. The molecule has 3 aliphatic rings. The Morgan fingerprint density at radius 2 is 1.92 bits per heavy atom. The Balaban J connectivity index is 1.39. The fourth-order valence-corrected chi connectivity index (χ4v) is 5.73. The highest BCUT2D eigenvalue weighted by molar-refractivity contribution is 6.06. The van der Waals surface area contributed by atoms with Crippen LogP contribution in [-0.4, -0.2) is 62.3 Å². The Bertz CT molecular complexity index is 1240. The molecule has 2 fully saturated rings. The van der Waals surface area contributed by atoms with Gasteiger partial charge in [0.15, 0.2) is 0 Å². The number of nitrogens with zero attached hydrogens (tertiary/aromatic N) is 3. The van der Waals surface area contributed by atoms with Crippen LogP contribution in [0.2, 0.25) is 0 Å². The van der Waals surface area contributed by atoms with Crippen molar-refractivity contribution in [2.24, 2.45) is 5.92 Å². The summed E-state index contributed by atoms with van der Waals surface area (Å²) < 4.78 is 15.9. The van der Waals surface area contributed by atoms with Crippen LogP contribution < -0.4 is 5.32 Å². The molecule has 2 N–H and O–H groups in total. The average molecular weight is 495 g/mol. The fraction of sp³-hybridized carbons (Fsp3) is 0.481. The first-order valence-electron chi connectivity index (χ1n) is 12.4. The number of pyridine rings is 1. The van der Waals surface area contributed by atoms with Crippen molar-refractivity contribution in [3.8, 4) is 11.3 Å². The lowest BCUT2D eigenvalue weighted by molar-refractivity contribution is -0.137. The van der Waals surface area contributed by atoms with Crippen LogP contribution in [-0.2, 0) is 16.1 Å². The predicted octanol–water partition coefficient (Wildman–Crippen LogP) is 2.80. The van der Waals surface area contributed by atoms with E-state index in [-0.39, 0.29) is 35.8 Å². The maximum Gasteiger partial charge on any atom is 0.255 e. The molecule has 3 unspecified atom stereocenters. The van der Waals surface area contributed by atoms with Crippen LogP contribution in [0, 0.1) is 11.7 Å². The molecule has 2 aromatic rings. The van der Waals surface area contributed by atoms with E-state index in [1.807, 2.05) is 26.0 Å². The Morgan fingerprint density at radius 1 is 1.17 bits per heavy atom. The number of hydrogen-bond donors (Lipinski definition) is 2. The van der Waals surface area contributed by atoms with Gasteiger partial charge in [0.05, 0.1) is 17.3 Å². The van der Waals surface area contributed by atoms with Gasteiger partial charge in [0, 0.05) is 48.3 Å². The maximum absolute atomic E-state index is 15.9. The van der Waals surface area contributed by atoms with Gasteiger partial charge >= 0.3 is 0 Å². The molecule has 190 valence electrons. The summed E-state index contributed by atoms with van der Waals surface area (Å²) in [6.07, 6.45) is 2.94. The summed E-state index contributed by atoms with van der Waals surface area (Å²) in [6.45, 7) is 7.74. The Labute approximate surface area is 209 Å². The molecule has 0 aliphatic carbocycles. The van der Waals surface area contributed by atoms with Crippen LogP contribution in [0.1, 0.15) is 67.6 Å². The summed E-state index contributed by atoms with van der Waals surface area (Å²) in [6, 6.07) is 5.48. The van der Waals surface area contributed by atoms with E-state index in [0.717, 1.165) is 25.1 Å². The van der Waals surface area contributed by atoms with E-state index in [1.54, 1.807) is 25.3 Å². The number of amides is 3. The lowest BCUT2D eigenvalue weighted by atomic mass is 9.90. The van der Waals surface area contributed by atoms with E-state index in [0.29, 0.717) is 17.8 Å². The number of carbonyl (C=O) groups excluding carboxylic acids is 3. The number of aromatic nitrogens is 1. The third kappa shape index (κ3) is 4.30. The van der Waals surface area contributed by atoms with Crippen molar-refractivity contribution in [3.63, 3.8) is 0 Å². The molecule has 0 saturated carbocycles. The van der Waals surface area contributed by atoms with E-state index >= 15 is 4.39 Å². The van der Waals surface area contributed by atoms with Gasteiger partial charge in [-0.05, 0) is 70.0 Å². The van der Waals surface area contributed by atoms with Crippen molar-refractivity contribution in [2.45, 2.75) is 64.3 Å². The monoisotopic (exact) mass is 494 g/mol. The molecule has 3 aliphatic heterocycles. The second-order valence-electron chi connectivity index (χ2n) is 10.7. The quantitative estimate of drug-likeness (QED) is 0.620. The molecular weight excluding hydrogens is 463 g/mol. The van der Waals surface area contributed by atoms with Gasteiger partial charge in [-0.2, -0.15) is 0 Å². The van der Waals surface area contributed by atoms with Crippen molar-refractivity contribution in [3.05, 3.63) is 53.0 Å². The van der Waals surface area contributed by atoms with Gasteiger partial charge in [0.1, 0.15) is 11.9 Å². The number of piperidine rings is 1. The molecule has 4 heterocycles. The van der Waals surface area contributed by atoms with Gasteiger partial charge in [0.25, 0.3) is 5.91 Å². The van der Waals surface area contributed by atoms with Crippen molar-refractivity contribution in [2.75, 3.05) is 13.1 Å². The highest BCUT2D eigenvalue weighted by atomic mass is 19.1. The van der Waals surface area contributed by atoms with Gasteiger partial charge in [0.2, 0.25) is 11.8 Å². The zero-order valence-electron chi connectivity index (χ0n) is 20.8. The number of fused-ring (bicyclic) bond motifs is 1.